The number of anilines is 1. The summed E-state index contributed by atoms with van der Waals surface area (Å²) in [6.45, 7) is 1.63. The number of carbonyl (C=O) groups excluding carboxylic acids is 2. The second kappa shape index (κ2) is 6.72. The predicted molar refractivity (Wildman–Crippen MR) is 79.1 cm³/mol. The summed E-state index contributed by atoms with van der Waals surface area (Å²) in [7, 11) is 1.56. The largest absolute Gasteiger partial charge is 0.355 e. The lowest BCUT2D eigenvalue weighted by Crippen LogP contribution is -2.37. The van der Waals surface area contributed by atoms with Crippen LogP contribution in [0.2, 0.25) is 5.02 Å². The molecule has 3 N–H and O–H groups in total. The maximum Gasteiger partial charge on any atom is 0.251 e. The maximum absolute atomic E-state index is 12.2. The molecule has 0 radical (unpaired) electrons. The van der Waals surface area contributed by atoms with Gasteiger partial charge >= 0.3 is 0 Å². The molecule has 2 amide bonds. The third-order valence-electron chi connectivity index (χ3n) is 3.38. The standard InChI is InChI=1S/C14H18ClN3O2/c1-16-13(19)9-4-5-11(15)12(7-9)18-14(20)10-3-2-6-17-8-10/h4-5,7,10,17H,2-3,6,8H2,1H3,(H,16,19)(H,18,20)/t10-/m1/s1. The van der Waals surface area contributed by atoms with Crippen LogP contribution in [-0.2, 0) is 4.79 Å². The Morgan fingerprint density at radius 1 is 1.40 bits per heavy atom. The molecule has 5 nitrogen and oxygen atoms in total. The molecule has 6 heteroatoms. The minimum atomic E-state index is -0.212. The third-order valence-corrected chi connectivity index (χ3v) is 3.71. The van der Waals surface area contributed by atoms with Gasteiger partial charge in [-0.3, -0.25) is 9.59 Å². The summed E-state index contributed by atoms with van der Waals surface area (Å²) >= 11 is 6.07. The molecule has 0 aromatic heterocycles. The molecule has 1 saturated heterocycles. The van der Waals surface area contributed by atoms with Crippen molar-refractivity contribution in [1.82, 2.24) is 10.6 Å². The van der Waals surface area contributed by atoms with E-state index < -0.39 is 0 Å². The van der Waals surface area contributed by atoms with Crippen molar-refractivity contribution in [3.8, 4) is 0 Å². The molecule has 2 rings (SSSR count). The van der Waals surface area contributed by atoms with Gasteiger partial charge in [0, 0.05) is 19.2 Å². The number of benzene rings is 1. The SMILES string of the molecule is CNC(=O)c1ccc(Cl)c(NC(=O)[C@@H]2CCCNC2)c1. The molecule has 1 aliphatic rings. The first-order valence-electron chi connectivity index (χ1n) is 6.65. The van der Waals surface area contributed by atoms with E-state index in [-0.39, 0.29) is 17.7 Å². The van der Waals surface area contributed by atoms with Crippen LogP contribution in [0.25, 0.3) is 0 Å². The van der Waals surface area contributed by atoms with Crippen molar-refractivity contribution in [3.05, 3.63) is 28.8 Å². The number of piperidine rings is 1. The molecule has 0 bridgehead atoms. The normalized spacial score (nSPS) is 18.4. The highest BCUT2D eigenvalue weighted by atomic mass is 35.5. The van der Waals surface area contributed by atoms with Crippen LogP contribution in [0.1, 0.15) is 23.2 Å². The van der Waals surface area contributed by atoms with E-state index in [1.807, 2.05) is 0 Å². The summed E-state index contributed by atoms with van der Waals surface area (Å²) in [4.78, 5) is 23.7. The van der Waals surface area contributed by atoms with E-state index in [1.165, 1.54) is 0 Å². The van der Waals surface area contributed by atoms with E-state index in [2.05, 4.69) is 16.0 Å². The highest BCUT2D eigenvalue weighted by molar-refractivity contribution is 6.33. The fraction of sp³-hybridized carbons (Fsp3) is 0.429. The molecular weight excluding hydrogens is 278 g/mol. The summed E-state index contributed by atoms with van der Waals surface area (Å²) < 4.78 is 0. The summed E-state index contributed by atoms with van der Waals surface area (Å²) in [6.07, 6.45) is 1.86. The Morgan fingerprint density at radius 2 is 2.20 bits per heavy atom. The summed E-state index contributed by atoms with van der Waals surface area (Å²) in [6, 6.07) is 4.83. The van der Waals surface area contributed by atoms with Crippen molar-refractivity contribution in [1.29, 1.82) is 0 Å². The zero-order chi connectivity index (χ0) is 14.5. The van der Waals surface area contributed by atoms with Crippen molar-refractivity contribution in [3.63, 3.8) is 0 Å². The van der Waals surface area contributed by atoms with Crippen molar-refractivity contribution in [2.75, 3.05) is 25.5 Å². The molecule has 1 heterocycles. The van der Waals surface area contributed by atoms with Crippen LogP contribution in [0.3, 0.4) is 0 Å². The lowest BCUT2D eigenvalue weighted by Gasteiger charge is -2.22. The molecular formula is C14H18ClN3O2. The molecule has 108 valence electrons. The first-order valence-corrected chi connectivity index (χ1v) is 7.03. The maximum atomic E-state index is 12.2. The first kappa shape index (κ1) is 14.8. The Balaban J connectivity index is 2.11. The second-order valence-corrected chi connectivity index (χ2v) is 5.21. The van der Waals surface area contributed by atoms with E-state index in [0.29, 0.717) is 22.8 Å². The first-order chi connectivity index (χ1) is 9.61. The van der Waals surface area contributed by atoms with E-state index in [1.54, 1.807) is 25.2 Å². The van der Waals surface area contributed by atoms with Gasteiger partial charge in [-0.1, -0.05) is 11.6 Å². The molecule has 1 aromatic carbocycles. The van der Waals surface area contributed by atoms with E-state index in [9.17, 15) is 9.59 Å². The Kier molecular flexibility index (Phi) is 4.98. The molecule has 1 fully saturated rings. The lowest BCUT2D eigenvalue weighted by molar-refractivity contribution is -0.120. The molecule has 1 aliphatic heterocycles. The van der Waals surface area contributed by atoms with Crippen molar-refractivity contribution >= 4 is 29.1 Å². The summed E-state index contributed by atoms with van der Waals surface area (Å²) in [5.41, 5.74) is 0.942. The highest BCUT2D eigenvalue weighted by Gasteiger charge is 2.21. The number of halogens is 1. The van der Waals surface area contributed by atoms with Crippen LogP contribution in [0.4, 0.5) is 5.69 Å². The van der Waals surface area contributed by atoms with Crippen LogP contribution in [-0.4, -0.2) is 32.0 Å². The fourth-order valence-corrected chi connectivity index (χ4v) is 2.38. The third kappa shape index (κ3) is 3.49. The molecule has 1 aromatic rings. The van der Waals surface area contributed by atoms with Crippen LogP contribution in [0, 0.1) is 5.92 Å². The van der Waals surface area contributed by atoms with E-state index >= 15 is 0 Å². The Labute approximate surface area is 123 Å². The zero-order valence-electron chi connectivity index (χ0n) is 11.3. The molecule has 20 heavy (non-hydrogen) atoms. The molecule has 0 spiro atoms. The van der Waals surface area contributed by atoms with Crippen molar-refractivity contribution in [2.24, 2.45) is 5.92 Å². The average molecular weight is 296 g/mol. The molecule has 1 atom stereocenters. The van der Waals surface area contributed by atoms with Gasteiger partial charge in [0.05, 0.1) is 16.6 Å². The van der Waals surface area contributed by atoms with Gasteiger partial charge in [0.2, 0.25) is 5.91 Å². The van der Waals surface area contributed by atoms with Gasteiger partial charge in [0.1, 0.15) is 0 Å². The van der Waals surface area contributed by atoms with Gasteiger partial charge in [-0.15, -0.1) is 0 Å². The van der Waals surface area contributed by atoms with Gasteiger partial charge in [0.25, 0.3) is 5.91 Å². The summed E-state index contributed by atoms with van der Waals surface area (Å²) in [5.74, 6) is -0.326. The molecule has 0 unspecified atom stereocenters. The van der Waals surface area contributed by atoms with Crippen molar-refractivity contribution in [2.45, 2.75) is 12.8 Å². The van der Waals surface area contributed by atoms with Crippen LogP contribution < -0.4 is 16.0 Å². The number of amides is 2. The van der Waals surface area contributed by atoms with Crippen LogP contribution in [0.5, 0.6) is 0 Å². The quantitative estimate of drug-likeness (QED) is 0.794. The van der Waals surface area contributed by atoms with E-state index in [4.69, 9.17) is 11.6 Å². The minimum absolute atomic E-state index is 0.0523. The number of carbonyl (C=O) groups is 2. The Bertz CT molecular complexity index is 513. The lowest BCUT2D eigenvalue weighted by atomic mass is 9.98. The molecule has 0 saturated carbocycles. The van der Waals surface area contributed by atoms with Gasteiger partial charge in [-0.25, -0.2) is 0 Å². The van der Waals surface area contributed by atoms with Gasteiger partial charge < -0.3 is 16.0 Å². The number of nitrogens with one attached hydrogen (secondary N) is 3. The van der Waals surface area contributed by atoms with Gasteiger partial charge in [-0.05, 0) is 37.6 Å². The zero-order valence-corrected chi connectivity index (χ0v) is 12.1. The topological polar surface area (TPSA) is 70.2 Å². The van der Waals surface area contributed by atoms with Gasteiger partial charge in [0.15, 0.2) is 0 Å². The van der Waals surface area contributed by atoms with Crippen LogP contribution >= 0.6 is 11.6 Å². The smallest absolute Gasteiger partial charge is 0.251 e. The minimum Gasteiger partial charge on any atom is -0.355 e. The summed E-state index contributed by atoms with van der Waals surface area (Å²) in [5, 5.41) is 8.97. The Morgan fingerprint density at radius 3 is 2.85 bits per heavy atom. The highest BCUT2D eigenvalue weighted by Crippen LogP contribution is 2.24. The Hall–Kier alpha value is -1.59. The molecule has 0 aliphatic carbocycles. The van der Waals surface area contributed by atoms with Crippen molar-refractivity contribution < 1.29 is 9.59 Å². The predicted octanol–water partition coefficient (Wildman–Crippen LogP) is 1.64. The fourth-order valence-electron chi connectivity index (χ4n) is 2.22. The van der Waals surface area contributed by atoms with Gasteiger partial charge in [-0.2, -0.15) is 0 Å². The number of rotatable bonds is 3. The van der Waals surface area contributed by atoms with E-state index in [0.717, 1.165) is 19.4 Å². The monoisotopic (exact) mass is 295 g/mol. The number of hydrogen-bond donors (Lipinski definition) is 3. The van der Waals surface area contributed by atoms with Crippen LogP contribution in [0.15, 0.2) is 18.2 Å². The average Bonchev–Trinajstić information content (AvgIpc) is 2.49. The number of hydrogen-bond acceptors (Lipinski definition) is 3. The second-order valence-electron chi connectivity index (χ2n) is 4.81.